The van der Waals surface area contributed by atoms with Crippen LogP contribution in [0.15, 0.2) is 23.3 Å². The van der Waals surface area contributed by atoms with Gasteiger partial charge in [-0.05, 0) is 38.3 Å². The third-order valence-corrected chi connectivity index (χ3v) is 6.38. The van der Waals surface area contributed by atoms with E-state index >= 15 is 0 Å². The molecule has 0 saturated heterocycles. The molecule has 1 aromatic heterocycles. The molecule has 2 N–H and O–H groups in total. The number of aromatic nitrogens is 1. The second-order valence-corrected chi connectivity index (χ2v) is 8.77. The van der Waals surface area contributed by atoms with Gasteiger partial charge in [0.1, 0.15) is 12.2 Å². The molecule has 3 atom stereocenters. The Balaban J connectivity index is 1.90. The van der Waals surface area contributed by atoms with E-state index < -0.39 is 28.4 Å². The number of aliphatic imine (C=N–C) groups is 1. The van der Waals surface area contributed by atoms with Crippen molar-refractivity contribution in [2.45, 2.75) is 57.0 Å². The first kappa shape index (κ1) is 23.4. The van der Waals surface area contributed by atoms with Gasteiger partial charge in [-0.3, -0.25) is 4.21 Å². The predicted molar refractivity (Wildman–Crippen MR) is 109 cm³/mol. The van der Waals surface area contributed by atoms with Crippen molar-refractivity contribution < 1.29 is 22.1 Å². The Labute approximate surface area is 172 Å². The minimum Gasteiger partial charge on any atom is -0.475 e. The highest BCUT2D eigenvalue weighted by Gasteiger charge is 2.35. The molecule has 1 saturated carbocycles. The standard InChI is InChI=1S/C19H29F3N4O2S/c1-3-23-18(26-14-7-5-8-15(13-14)29(27)4-2)25-11-12-28-17-16(19(20,21)22)9-6-10-24-17/h6,9-10,14-15H,3-5,7-8,11-13H2,1-2H3,(H2,23,25,26). The van der Waals surface area contributed by atoms with Crippen LogP contribution in [0.1, 0.15) is 45.1 Å². The number of guanidine groups is 1. The van der Waals surface area contributed by atoms with Gasteiger partial charge in [-0.15, -0.1) is 0 Å². The number of nitrogens with one attached hydrogen (secondary N) is 2. The number of nitrogens with zero attached hydrogens (tertiary/aromatic N) is 2. The first-order valence-electron chi connectivity index (χ1n) is 9.92. The van der Waals surface area contributed by atoms with Crippen LogP contribution in [-0.4, -0.2) is 51.9 Å². The summed E-state index contributed by atoms with van der Waals surface area (Å²) in [5.74, 6) is 0.808. The van der Waals surface area contributed by atoms with Gasteiger partial charge < -0.3 is 15.4 Å². The Morgan fingerprint density at radius 3 is 2.86 bits per heavy atom. The Hall–Kier alpha value is -1.84. The van der Waals surface area contributed by atoms with E-state index in [1.165, 1.54) is 12.3 Å². The molecular formula is C19H29F3N4O2S. The average Bonchev–Trinajstić information content (AvgIpc) is 2.70. The molecule has 1 aromatic rings. The molecule has 1 aliphatic carbocycles. The van der Waals surface area contributed by atoms with E-state index in [4.69, 9.17) is 4.74 Å². The van der Waals surface area contributed by atoms with Crippen LogP contribution in [0.3, 0.4) is 0 Å². The van der Waals surface area contributed by atoms with Crippen LogP contribution < -0.4 is 15.4 Å². The topological polar surface area (TPSA) is 75.6 Å². The second-order valence-electron chi connectivity index (χ2n) is 6.76. The first-order chi connectivity index (χ1) is 13.8. The van der Waals surface area contributed by atoms with E-state index in [9.17, 15) is 17.4 Å². The fourth-order valence-electron chi connectivity index (χ4n) is 3.29. The van der Waals surface area contributed by atoms with E-state index in [0.29, 0.717) is 18.3 Å². The van der Waals surface area contributed by atoms with Gasteiger partial charge in [0.2, 0.25) is 5.88 Å². The maximum atomic E-state index is 13.0. The summed E-state index contributed by atoms with van der Waals surface area (Å²) < 4.78 is 56.2. The highest BCUT2D eigenvalue weighted by atomic mass is 32.2. The number of pyridine rings is 1. The summed E-state index contributed by atoms with van der Waals surface area (Å²) in [5.41, 5.74) is -0.897. The first-order valence-corrected chi connectivity index (χ1v) is 11.3. The largest absolute Gasteiger partial charge is 0.475 e. The van der Waals surface area contributed by atoms with E-state index in [1.54, 1.807) is 0 Å². The average molecular weight is 435 g/mol. The van der Waals surface area contributed by atoms with Crippen LogP contribution in [0.2, 0.25) is 0 Å². The van der Waals surface area contributed by atoms with Crippen LogP contribution in [-0.2, 0) is 17.0 Å². The molecule has 164 valence electrons. The lowest BCUT2D eigenvalue weighted by Gasteiger charge is -2.30. The molecule has 1 heterocycles. The monoisotopic (exact) mass is 434 g/mol. The zero-order valence-corrected chi connectivity index (χ0v) is 17.6. The molecule has 0 aromatic carbocycles. The lowest BCUT2D eigenvalue weighted by atomic mass is 9.95. The second kappa shape index (κ2) is 11.4. The van der Waals surface area contributed by atoms with Gasteiger partial charge in [-0.25, -0.2) is 9.98 Å². The summed E-state index contributed by atoms with van der Waals surface area (Å²) >= 11 is 0. The number of halogens is 3. The number of alkyl halides is 3. The van der Waals surface area contributed by atoms with Crippen molar-refractivity contribution in [1.29, 1.82) is 0 Å². The molecule has 0 radical (unpaired) electrons. The smallest absolute Gasteiger partial charge is 0.421 e. The van der Waals surface area contributed by atoms with Crippen molar-refractivity contribution in [3.63, 3.8) is 0 Å². The molecule has 0 amide bonds. The maximum Gasteiger partial charge on any atom is 0.421 e. The van der Waals surface area contributed by atoms with Gasteiger partial charge in [0.05, 0.1) is 6.54 Å². The molecule has 2 rings (SSSR count). The van der Waals surface area contributed by atoms with Crippen molar-refractivity contribution >= 4 is 16.8 Å². The van der Waals surface area contributed by atoms with Gasteiger partial charge in [0.15, 0.2) is 5.96 Å². The van der Waals surface area contributed by atoms with Gasteiger partial charge in [0, 0.05) is 40.6 Å². The summed E-state index contributed by atoms with van der Waals surface area (Å²) in [4.78, 5) is 8.06. The minimum absolute atomic E-state index is 0.0240. The molecule has 6 nitrogen and oxygen atoms in total. The number of hydrogen-bond donors (Lipinski definition) is 2. The fourth-order valence-corrected chi connectivity index (χ4v) is 4.63. The third kappa shape index (κ3) is 7.49. The van der Waals surface area contributed by atoms with Crippen LogP contribution in [0, 0.1) is 0 Å². The molecule has 3 unspecified atom stereocenters. The van der Waals surface area contributed by atoms with E-state index in [0.717, 1.165) is 31.7 Å². The predicted octanol–water partition coefficient (Wildman–Crippen LogP) is 3.11. The Bertz CT molecular complexity index is 700. The summed E-state index contributed by atoms with van der Waals surface area (Å²) in [6, 6.07) is 2.34. The molecule has 0 spiro atoms. The van der Waals surface area contributed by atoms with Crippen molar-refractivity contribution in [2.75, 3.05) is 25.4 Å². The SMILES string of the molecule is CCNC(=NCCOc1ncccc1C(F)(F)F)NC1CCCC(S(=O)CC)C1. The van der Waals surface area contributed by atoms with Crippen LogP contribution >= 0.6 is 0 Å². The lowest BCUT2D eigenvalue weighted by molar-refractivity contribution is -0.139. The van der Waals surface area contributed by atoms with Crippen molar-refractivity contribution in [3.8, 4) is 5.88 Å². The Morgan fingerprint density at radius 1 is 1.38 bits per heavy atom. The molecule has 1 fully saturated rings. The molecule has 0 bridgehead atoms. The Kier molecular flexibility index (Phi) is 9.19. The van der Waals surface area contributed by atoms with Crippen LogP contribution in [0.5, 0.6) is 5.88 Å². The van der Waals surface area contributed by atoms with E-state index in [2.05, 4.69) is 20.6 Å². The highest BCUT2D eigenvalue weighted by Crippen LogP contribution is 2.34. The zero-order valence-electron chi connectivity index (χ0n) is 16.8. The van der Waals surface area contributed by atoms with Crippen LogP contribution in [0.25, 0.3) is 0 Å². The van der Waals surface area contributed by atoms with Gasteiger partial charge >= 0.3 is 6.18 Å². The van der Waals surface area contributed by atoms with Crippen LogP contribution in [0.4, 0.5) is 13.2 Å². The normalized spacial score (nSPS) is 21.5. The van der Waals surface area contributed by atoms with Gasteiger partial charge in [-0.2, -0.15) is 13.2 Å². The summed E-state index contributed by atoms with van der Waals surface area (Å²) in [7, 11) is -0.809. The van der Waals surface area contributed by atoms with E-state index in [1.807, 2.05) is 13.8 Å². The molecular weight excluding hydrogens is 405 g/mol. The van der Waals surface area contributed by atoms with Crippen molar-refractivity contribution in [2.24, 2.45) is 4.99 Å². The summed E-state index contributed by atoms with van der Waals surface area (Å²) in [5, 5.41) is 6.68. The number of hydrogen-bond acceptors (Lipinski definition) is 4. The fraction of sp³-hybridized carbons (Fsp3) is 0.684. The summed E-state index contributed by atoms with van der Waals surface area (Å²) in [6.07, 6.45) is 0.534. The van der Waals surface area contributed by atoms with E-state index in [-0.39, 0.29) is 24.4 Å². The van der Waals surface area contributed by atoms with Gasteiger partial charge in [-0.1, -0.05) is 13.3 Å². The summed E-state index contributed by atoms with van der Waals surface area (Å²) in [6.45, 7) is 4.68. The maximum absolute atomic E-state index is 13.0. The lowest BCUT2D eigenvalue weighted by Crippen LogP contribution is -2.46. The Morgan fingerprint density at radius 2 is 2.17 bits per heavy atom. The number of ether oxygens (including phenoxy) is 1. The zero-order chi connectivity index (χ0) is 21.3. The van der Waals surface area contributed by atoms with Gasteiger partial charge in [0.25, 0.3) is 0 Å². The van der Waals surface area contributed by atoms with Crippen molar-refractivity contribution in [3.05, 3.63) is 23.9 Å². The van der Waals surface area contributed by atoms with Crippen molar-refractivity contribution in [1.82, 2.24) is 15.6 Å². The highest BCUT2D eigenvalue weighted by molar-refractivity contribution is 7.85. The molecule has 10 heteroatoms. The third-order valence-electron chi connectivity index (χ3n) is 4.64. The minimum atomic E-state index is -4.51. The molecule has 29 heavy (non-hydrogen) atoms. The quantitative estimate of drug-likeness (QED) is 0.374. The number of rotatable bonds is 8. The molecule has 1 aliphatic rings. The molecule has 0 aliphatic heterocycles.